The largest absolute Gasteiger partial charge is 0.383 e. The molecule has 2 rings (SSSR count). The number of nitrogens with zero attached hydrogens (tertiary/aromatic N) is 2. The molecule has 2 heterocycles. The Hall–Kier alpha value is -1.56. The van der Waals surface area contributed by atoms with Crippen molar-refractivity contribution in [1.82, 2.24) is 20.4 Å². The average molecular weight is 251 g/mol. The quantitative estimate of drug-likeness (QED) is 0.646. The van der Waals surface area contributed by atoms with Crippen LogP contribution in [0.3, 0.4) is 0 Å². The van der Waals surface area contributed by atoms with Crippen molar-refractivity contribution in [3.8, 4) is 0 Å². The lowest BCUT2D eigenvalue weighted by Gasteiger charge is -2.13. The van der Waals surface area contributed by atoms with Gasteiger partial charge in [-0.3, -0.25) is 9.89 Å². The highest BCUT2D eigenvalue weighted by molar-refractivity contribution is 5.97. The third-order valence-electron chi connectivity index (χ3n) is 3.30. The first-order valence-corrected chi connectivity index (χ1v) is 6.57. The fourth-order valence-corrected chi connectivity index (χ4v) is 2.24. The van der Waals surface area contributed by atoms with Crippen molar-refractivity contribution in [3.05, 3.63) is 11.8 Å². The van der Waals surface area contributed by atoms with Crippen molar-refractivity contribution in [2.45, 2.75) is 25.7 Å². The summed E-state index contributed by atoms with van der Waals surface area (Å²) in [5.74, 6) is 0.173. The minimum Gasteiger partial charge on any atom is -0.383 e. The summed E-state index contributed by atoms with van der Waals surface area (Å²) in [4.78, 5) is 14.2. The Balaban J connectivity index is 1.58. The summed E-state index contributed by atoms with van der Waals surface area (Å²) in [5.41, 5.74) is 5.99. The number of carbonyl (C=O) groups excluding carboxylic acids is 1. The Bertz CT molecular complexity index is 384. The first-order chi connectivity index (χ1) is 8.77. The lowest BCUT2D eigenvalue weighted by atomic mass is 10.2. The van der Waals surface area contributed by atoms with Crippen LogP contribution in [-0.4, -0.2) is 47.2 Å². The summed E-state index contributed by atoms with van der Waals surface area (Å²) < 4.78 is 0. The Morgan fingerprint density at radius 1 is 1.44 bits per heavy atom. The summed E-state index contributed by atoms with van der Waals surface area (Å²) >= 11 is 0. The molecule has 1 aromatic rings. The molecule has 0 saturated carbocycles. The van der Waals surface area contributed by atoms with Gasteiger partial charge in [-0.25, -0.2) is 0 Å². The summed E-state index contributed by atoms with van der Waals surface area (Å²) in [6.45, 7) is 4.30. The topological polar surface area (TPSA) is 87.0 Å². The molecule has 1 saturated heterocycles. The highest BCUT2D eigenvalue weighted by Gasteiger charge is 2.12. The Labute approximate surface area is 107 Å². The fraction of sp³-hybridized carbons (Fsp3) is 0.667. The maximum atomic E-state index is 11.7. The number of aromatic amines is 1. The normalized spacial score (nSPS) is 16.0. The van der Waals surface area contributed by atoms with E-state index in [4.69, 9.17) is 5.73 Å². The molecule has 4 N–H and O–H groups in total. The first kappa shape index (κ1) is 12.9. The molecule has 0 atom stereocenters. The predicted molar refractivity (Wildman–Crippen MR) is 70.2 cm³/mol. The summed E-state index contributed by atoms with van der Waals surface area (Å²) in [6, 6.07) is 0. The molecule has 1 aliphatic heterocycles. The van der Waals surface area contributed by atoms with Crippen molar-refractivity contribution in [2.24, 2.45) is 0 Å². The smallest absolute Gasteiger partial charge is 0.256 e. The van der Waals surface area contributed by atoms with E-state index in [1.807, 2.05) is 0 Å². The molecule has 1 fully saturated rings. The van der Waals surface area contributed by atoms with Crippen LogP contribution in [0.2, 0.25) is 0 Å². The molecule has 6 nitrogen and oxygen atoms in total. The molecular weight excluding hydrogens is 230 g/mol. The van der Waals surface area contributed by atoms with Crippen LogP contribution < -0.4 is 11.1 Å². The van der Waals surface area contributed by atoms with Gasteiger partial charge in [0.05, 0.1) is 6.20 Å². The zero-order chi connectivity index (χ0) is 12.8. The third-order valence-corrected chi connectivity index (χ3v) is 3.30. The van der Waals surface area contributed by atoms with Gasteiger partial charge in [0, 0.05) is 6.54 Å². The number of rotatable bonds is 6. The van der Waals surface area contributed by atoms with Crippen LogP contribution in [0.5, 0.6) is 0 Å². The second kappa shape index (κ2) is 6.39. The second-order valence-electron chi connectivity index (χ2n) is 4.71. The summed E-state index contributed by atoms with van der Waals surface area (Å²) in [7, 11) is 0. The van der Waals surface area contributed by atoms with Crippen molar-refractivity contribution in [3.63, 3.8) is 0 Å². The lowest BCUT2D eigenvalue weighted by molar-refractivity contribution is 0.0953. The number of hydrogen-bond donors (Lipinski definition) is 3. The maximum absolute atomic E-state index is 11.7. The van der Waals surface area contributed by atoms with E-state index in [1.165, 1.54) is 32.1 Å². The third kappa shape index (κ3) is 3.46. The van der Waals surface area contributed by atoms with Gasteiger partial charge in [0.25, 0.3) is 5.91 Å². The molecule has 0 radical (unpaired) electrons. The number of H-pyrrole nitrogens is 1. The first-order valence-electron chi connectivity index (χ1n) is 6.57. The number of nitrogen functional groups attached to an aromatic ring is 1. The SMILES string of the molecule is Nc1[nH]ncc1C(=O)NCCCCN1CCCC1. The van der Waals surface area contributed by atoms with Gasteiger partial charge in [0.1, 0.15) is 11.4 Å². The molecule has 0 aromatic carbocycles. The highest BCUT2D eigenvalue weighted by Crippen LogP contribution is 2.08. The highest BCUT2D eigenvalue weighted by atomic mass is 16.1. The van der Waals surface area contributed by atoms with Gasteiger partial charge < -0.3 is 16.0 Å². The van der Waals surface area contributed by atoms with Crippen molar-refractivity contribution >= 4 is 11.7 Å². The molecule has 100 valence electrons. The number of aromatic nitrogens is 2. The number of anilines is 1. The van der Waals surface area contributed by atoms with E-state index in [0.29, 0.717) is 17.9 Å². The molecule has 1 amide bonds. The van der Waals surface area contributed by atoms with E-state index in [9.17, 15) is 4.79 Å². The Morgan fingerprint density at radius 3 is 2.89 bits per heavy atom. The number of amides is 1. The zero-order valence-electron chi connectivity index (χ0n) is 10.6. The number of unbranched alkanes of at least 4 members (excludes halogenated alkanes) is 1. The number of hydrogen-bond acceptors (Lipinski definition) is 4. The van der Waals surface area contributed by atoms with Crippen molar-refractivity contribution in [2.75, 3.05) is 31.9 Å². The number of nitrogens with one attached hydrogen (secondary N) is 2. The molecule has 1 aromatic heterocycles. The molecule has 1 aliphatic rings. The van der Waals surface area contributed by atoms with Gasteiger partial charge >= 0.3 is 0 Å². The number of carbonyl (C=O) groups is 1. The summed E-state index contributed by atoms with van der Waals surface area (Å²) in [5, 5.41) is 9.12. The van der Waals surface area contributed by atoms with Crippen LogP contribution >= 0.6 is 0 Å². The van der Waals surface area contributed by atoms with E-state index in [1.54, 1.807) is 0 Å². The van der Waals surface area contributed by atoms with Crippen LogP contribution in [0, 0.1) is 0 Å². The molecule has 18 heavy (non-hydrogen) atoms. The van der Waals surface area contributed by atoms with Gasteiger partial charge in [-0.05, 0) is 45.3 Å². The molecule has 0 unspecified atom stereocenters. The molecule has 0 bridgehead atoms. The van der Waals surface area contributed by atoms with E-state index in [0.717, 1.165) is 19.4 Å². The van der Waals surface area contributed by atoms with Crippen LogP contribution in [0.15, 0.2) is 6.20 Å². The van der Waals surface area contributed by atoms with Gasteiger partial charge in [-0.2, -0.15) is 5.10 Å². The van der Waals surface area contributed by atoms with Crippen LogP contribution in [0.4, 0.5) is 5.82 Å². The Morgan fingerprint density at radius 2 is 2.22 bits per heavy atom. The van der Waals surface area contributed by atoms with Gasteiger partial charge in [-0.15, -0.1) is 0 Å². The molecule has 0 spiro atoms. The van der Waals surface area contributed by atoms with Crippen molar-refractivity contribution < 1.29 is 4.79 Å². The Kier molecular flexibility index (Phi) is 4.58. The lowest BCUT2D eigenvalue weighted by Crippen LogP contribution is -2.26. The fourth-order valence-electron chi connectivity index (χ4n) is 2.24. The van der Waals surface area contributed by atoms with Crippen LogP contribution in [-0.2, 0) is 0 Å². The van der Waals surface area contributed by atoms with E-state index < -0.39 is 0 Å². The van der Waals surface area contributed by atoms with Crippen LogP contribution in [0.25, 0.3) is 0 Å². The van der Waals surface area contributed by atoms with Crippen molar-refractivity contribution in [1.29, 1.82) is 0 Å². The van der Waals surface area contributed by atoms with Gasteiger partial charge in [0.2, 0.25) is 0 Å². The standard InChI is InChI=1S/C12H21N5O/c13-11-10(9-15-16-11)12(18)14-5-1-2-6-17-7-3-4-8-17/h9H,1-8H2,(H,14,18)(H3,13,15,16). The second-order valence-corrected chi connectivity index (χ2v) is 4.71. The predicted octanol–water partition coefficient (Wildman–Crippen LogP) is 0.598. The monoisotopic (exact) mass is 251 g/mol. The minimum atomic E-state index is -0.151. The number of nitrogens with two attached hydrogens (primary N) is 1. The average Bonchev–Trinajstić information content (AvgIpc) is 2.99. The number of likely N-dealkylation sites (tertiary alicyclic amines) is 1. The maximum Gasteiger partial charge on any atom is 0.256 e. The van der Waals surface area contributed by atoms with Crippen LogP contribution in [0.1, 0.15) is 36.0 Å². The summed E-state index contributed by atoms with van der Waals surface area (Å²) in [6.07, 6.45) is 6.24. The van der Waals surface area contributed by atoms with E-state index >= 15 is 0 Å². The van der Waals surface area contributed by atoms with Gasteiger partial charge in [0.15, 0.2) is 0 Å². The van der Waals surface area contributed by atoms with E-state index in [2.05, 4.69) is 20.4 Å². The molecule has 0 aliphatic carbocycles. The minimum absolute atomic E-state index is 0.151. The molecular formula is C12H21N5O. The van der Waals surface area contributed by atoms with E-state index in [-0.39, 0.29) is 5.91 Å². The molecule has 6 heteroatoms. The zero-order valence-corrected chi connectivity index (χ0v) is 10.6. The van der Waals surface area contributed by atoms with Gasteiger partial charge in [-0.1, -0.05) is 0 Å².